The molecule has 0 bridgehead atoms. The Labute approximate surface area is 203 Å². The van der Waals surface area contributed by atoms with Crippen molar-refractivity contribution in [1.29, 1.82) is 0 Å². The van der Waals surface area contributed by atoms with Gasteiger partial charge in [-0.05, 0) is 43.3 Å². The number of halogens is 4. The SMILES string of the molecule is CC(Oc1c(Cl)cc2c(oc3cc(Cl)ccc32)c1Cl)C(=O)OCCOc1cccc(Cl)c1. The van der Waals surface area contributed by atoms with E-state index in [9.17, 15) is 4.79 Å². The van der Waals surface area contributed by atoms with E-state index < -0.39 is 12.1 Å². The van der Waals surface area contributed by atoms with Crippen LogP contribution in [-0.4, -0.2) is 25.3 Å². The van der Waals surface area contributed by atoms with Gasteiger partial charge in [0.15, 0.2) is 17.4 Å². The van der Waals surface area contributed by atoms with Crippen LogP contribution in [0.25, 0.3) is 21.9 Å². The molecule has 0 aliphatic heterocycles. The van der Waals surface area contributed by atoms with Crippen LogP contribution in [0.1, 0.15) is 6.92 Å². The summed E-state index contributed by atoms with van der Waals surface area (Å²) in [7, 11) is 0. The van der Waals surface area contributed by atoms with E-state index in [1.165, 1.54) is 6.92 Å². The summed E-state index contributed by atoms with van der Waals surface area (Å²) in [5, 5.41) is 3.01. The van der Waals surface area contributed by atoms with Gasteiger partial charge in [0, 0.05) is 26.9 Å². The molecule has 0 spiro atoms. The van der Waals surface area contributed by atoms with Crippen molar-refractivity contribution in [2.75, 3.05) is 13.2 Å². The van der Waals surface area contributed by atoms with Crippen LogP contribution in [0.4, 0.5) is 0 Å². The first-order valence-electron chi connectivity index (χ1n) is 9.55. The molecule has 9 heteroatoms. The molecule has 166 valence electrons. The molecular formula is C23H16Cl4O5. The van der Waals surface area contributed by atoms with Gasteiger partial charge in [-0.2, -0.15) is 0 Å². The van der Waals surface area contributed by atoms with Gasteiger partial charge in [-0.25, -0.2) is 4.79 Å². The number of benzene rings is 3. The molecule has 1 atom stereocenters. The van der Waals surface area contributed by atoms with Gasteiger partial charge in [0.1, 0.15) is 29.6 Å². The van der Waals surface area contributed by atoms with Gasteiger partial charge in [0.2, 0.25) is 0 Å². The first-order valence-corrected chi connectivity index (χ1v) is 11.1. The summed E-state index contributed by atoms with van der Waals surface area (Å²) in [4.78, 5) is 12.3. The second-order valence-corrected chi connectivity index (χ2v) is 8.51. The molecule has 1 unspecified atom stereocenters. The van der Waals surface area contributed by atoms with Gasteiger partial charge in [0.25, 0.3) is 0 Å². The molecule has 3 aromatic carbocycles. The third-order valence-electron chi connectivity index (χ3n) is 4.60. The zero-order valence-electron chi connectivity index (χ0n) is 16.7. The second kappa shape index (κ2) is 9.67. The number of rotatable bonds is 7. The van der Waals surface area contributed by atoms with Crippen molar-refractivity contribution < 1.29 is 23.4 Å². The molecule has 0 aliphatic rings. The highest BCUT2D eigenvalue weighted by Gasteiger charge is 2.23. The predicted octanol–water partition coefficient (Wildman–Crippen LogP) is 7.59. The van der Waals surface area contributed by atoms with Crippen molar-refractivity contribution in [1.82, 2.24) is 0 Å². The lowest BCUT2D eigenvalue weighted by molar-refractivity contribution is -0.151. The van der Waals surface area contributed by atoms with Crippen LogP contribution in [0.15, 0.2) is 52.9 Å². The maximum absolute atomic E-state index is 12.3. The summed E-state index contributed by atoms with van der Waals surface area (Å²) < 4.78 is 22.3. The fraction of sp³-hybridized carbons (Fsp3) is 0.174. The molecule has 0 radical (unpaired) electrons. The van der Waals surface area contributed by atoms with Crippen molar-refractivity contribution in [2.45, 2.75) is 13.0 Å². The minimum absolute atomic E-state index is 0.0316. The molecule has 32 heavy (non-hydrogen) atoms. The number of esters is 1. The highest BCUT2D eigenvalue weighted by molar-refractivity contribution is 6.41. The molecule has 1 heterocycles. The molecule has 0 fully saturated rings. The summed E-state index contributed by atoms with van der Waals surface area (Å²) >= 11 is 24.8. The van der Waals surface area contributed by atoms with Gasteiger partial charge < -0.3 is 18.6 Å². The van der Waals surface area contributed by atoms with E-state index in [0.29, 0.717) is 32.3 Å². The Kier molecular flexibility index (Phi) is 6.91. The number of ether oxygens (including phenoxy) is 3. The lowest BCUT2D eigenvalue weighted by atomic mass is 10.1. The van der Waals surface area contributed by atoms with E-state index in [2.05, 4.69) is 0 Å². The number of furan rings is 1. The maximum Gasteiger partial charge on any atom is 0.347 e. The molecule has 0 aliphatic carbocycles. The molecule has 0 N–H and O–H groups in total. The molecule has 4 aromatic rings. The van der Waals surface area contributed by atoms with Crippen molar-refractivity contribution in [3.8, 4) is 11.5 Å². The summed E-state index contributed by atoms with van der Waals surface area (Å²) in [6.45, 7) is 1.73. The van der Waals surface area contributed by atoms with Gasteiger partial charge in [0.05, 0.1) is 5.02 Å². The third kappa shape index (κ3) is 4.86. The van der Waals surface area contributed by atoms with Gasteiger partial charge >= 0.3 is 5.97 Å². The monoisotopic (exact) mass is 512 g/mol. The fourth-order valence-corrected chi connectivity index (χ4v) is 4.03. The van der Waals surface area contributed by atoms with E-state index in [4.69, 9.17) is 65.0 Å². The zero-order valence-corrected chi connectivity index (χ0v) is 19.7. The second-order valence-electron chi connectivity index (χ2n) is 6.85. The smallest absolute Gasteiger partial charge is 0.347 e. The normalized spacial score (nSPS) is 12.2. The Morgan fingerprint density at radius 3 is 2.53 bits per heavy atom. The highest BCUT2D eigenvalue weighted by Crippen LogP contribution is 2.44. The third-order valence-corrected chi connectivity index (χ3v) is 5.69. The minimum Gasteiger partial charge on any atom is -0.490 e. The van der Waals surface area contributed by atoms with Crippen LogP contribution in [0.3, 0.4) is 0 Å². The van der Waals surface area contributed by atoms with Crippen LogP contribution in [0.2, 0.25) is 20.1 Å². The van der Waals surface area contributed by atoms with Crippen molar-refractivity contribution >= 4 is 74.3 Å². The zero-order chi connectivity index (χ0) is 22.8. The van der Waals surface area contributed by atoms with Gasteiger partial charge in [-0.3, -0.25) is 0 Å². The van der Waals surface area contributed by atoms with Crippen molar-refractivity contribution in [3.05, 3.63) is 68.6 Å². The van der Waals surface area contributed by atoms with Crippen LogP contribution < -0.4 is 9.47 Å². The van der Waals surface area contributed by atoms with E-state index in [0.717, 1.165) is 5.39 Å². The lowest BCUT2D eigenvalue weighted by Crippen LogP contribution is -2.27. The van der Waals surface area contributed by atoms with E-state index in [-0.39, 0.29) is 29.0 Å². The Hall–Kier alpha value is -2.31. The Balaban J connectivity index is 1.42. The fourth-order valence-electron chi connectivity index (χ4n) is 3.11. The Bertz CT molecular complexity index is 1300. The average molecular weight is 514 g/mol. The number of hydrogen-bond acceptors (Lipinski definition) is 5. The topological polar surface area (TPSA) is 57.9 Å². The van der Waals surface area contributed by atoms with Crippen molar-refractivity contribution in [3.63, 3.8) is 0 Å². The summed E-state index contributed by atoms with van der Waals surface area (Å²) in [6.07, 6.45) is -0.965. The predicted molar refractivity (Wildman–Crippen MR) is 127 cm³/mol. The quantitative estimate of drug-likeness (QED) is 0.188. The first-order chi connectivity index (χ1) is 15.3. The van der Waals surface area contributed by atoms with Crippen LogP contribution in [0, 0.1) is 0 Å². The van der Waals surface area contributed by atoms with Gasteiger partial charge in [-0.15, -0.1) is 0 Å². The maximum atomic E-state index is 12.3. The lowest BCUT2D eigenvalue weighted by Gasteiger charge is -2.16. The molecule has 0 saturated carbocycles. The van der Waals surface area contributed by atoms with E-state index >= 15 is 0 Å². The summed E-state index contributed by atoms with van der Waals surface area (Å²) in [6, 6.07) is 13.9. The number of fused-ring (bicyclic) bond motifs is 3. The Morgan fingerprint density at radius 2 is 1.75 bits per heavy atom. The van der Waals surface area contributed by atoms with Crippen LogP contribution in [0.5, 0.6) is 11.5 Å². The van der Waals surface area contributed by atoms with E-state index in [1.807, 2.05) is 6.07 Å². The summed E-state index contributed by atoms with van der Waals surface area (Å²) in [5.74, 6) is 0.116. The minimum atomic E-state index is -0.965. The molecular weight excluding hydrogens is 498 g/mol. The largest absolute Gasteiger partial charge is 0.490 e. The molecule has 5 nitrogen and oxygen atoms in total. The highest BCUT2D eigenvalue weighted by atomic mass is 35.5. The van der Waals surface area contributed by atoms with Gasteiger partial charge in [-0.1, -0.05) is 52.5 Å². The molecule has 1 aromatic heterocycles. The number of carbonyl (C=O) groups is 1. The van der Waals surface area contributed by atoms with Crippen LogP contribution >= 0.6 is 46.4 Å². The molecule has 0 amide bonds. The number of carbonyl (C=O) groups excluding carboxylic acids is 1. The van der Waals surface area contributed by atoms with Crippen molar-refractivity contribution in [2.24, 2.45) is 0 Å². The number of hydrogen-bond donors (Lipinski definition) is 0. The van der Waals surface area contributed by atoms with E-state index in [1.54, 1.807) is 42.5 Å². The standard InChI is InChI=1S/C23H16Cl4O5/c1-12(23(28)30-8-7-29-15-4-2-3-13(24)9-15)31-22-18(26)11-17-16-6-5-14(25)10-19(16)32-21(17)20(22)27/h2-6,9-12H,7-8H2,1H3. The molecule has 0 saturated heterocycles. The summed E-state index contributed by atoms with van der Waals surface area (Å²) in [5.41, 5.74) is 0.952. The van der Waals surface area contributed by atoms with Crippen LogP contribution in [-0.2, 0) is 9.53 Å². The first kappa shape index (κ1) is 22.9. The average Bonchev–Trinajstić information content (AvgIpc) is 3.11. The molecule has 4 rings (SSSR count). The Morgan fingerprint density at radius 1 is 0.969 bits per heavy atom.